The molecule has 1 aliphatic heterocycles. The number of hydrogen-bond donors (Lipinski definition) is 1. The fourth-order valence-corrected chi connectivity index (χ4v) is 2.48. The first-order chi connectivity index (χ1) is 12.0. The van der Waals surface area contributed by atoms with Gasteiger partial charge in [-0.15, -0.1) is 0 Å². The molecule has 0 spiro atoms. The van der Waals surface area contributed by atoms with Crippen LogP contribution in [0.4, 0.5) is 5.69 Å². The third-order valence-electron chi connectivity index (χ3n) is 3.32. The van der Waals surface area contributed by atoms with Gasteiger partial charge in [-0.3, -0.25) is 4.79 Å². The molecule has 3 rings (SSSR count). The van der Waals surface area contributed by atoms with Crippen LogP contribution >= 0.6 is 23.2 Å². The summed E-state index contributed by atoms with van der Waals surface area (Å²) in [6.07, 6.45) is -0.933. The minimum Gasteiger partial charge on any atom is -0.485 e. The molecule has 8 heteroatoms. The number of esters is 1. The van der Waals surface area contributed by atoms with Crippen molar-refractivity contribution in [2.45, 2.75) is 6.10 Å². The van der Waals surface area contributed by atoms with Gasteiger partial charge in [0.2, 0.25) is 6.10 Å². The third kappa shape index (κ3) is 4.35. The van der Waals surface area contributed by atoms with Gasteiger partial charge in [-0.2, -0.15) is 0 Å². The number of hydrogen-bond acceptors (Lipinski definition) is 5. The van der Waals surface area contributed by atoms with Crippen molar-refractivity contribution < 1.29 is 23.8 Å². The topological polar surface area (TPSA) is 73.9 Å². The molecule has 0 radical (unpaired) electrons. The van der Waals surface area contributed by atoms with E-state index < -0.39 is 24.6 Å². The van der Waals surface area contributed by atoms with Crippen LogP contribution in [0.2, 0.25) is 10.0 Å². The highest BCUT2D eigenvalue weighted by Gasteiger charge is 2.29. The Hall–Kier alpha value is -2.44. The van der Waals surface area contributed by atoms with Crippen LogP contribution in [0.3, 0.4) is 0 Å². The minimum atomic E-state index is -0.933. The molecule has 6 nitrogen and oxygen atoms in total. The molecular weight excluding hydrogens is 369 g/mol. The quantitative estimate of drug-likeness (QED) is 0.822. The normalized spacial score (nSPS) is 15.4. The van der Waals surface area contributed by atoms with Gasteiger partial charge in [0.1, 0.15) is 6.61 Å². The average molecular weight is 382 g/mol. The summed E-state index contributed by atoms with van der Waals surface area (Å²) in [5.41, 5.74) is 0.335. The zero-order valence-corrected chi connectivity index (χ0v) is 14.3. The number of para-hydroxylation sites is 2. The van der Waals surface area contributed by atoms with E-state index in [4.69, 9.17) is 37.4 Å². The molecule has 0 fully saturated rings. The van der Waals surface area contributed by atoms with Crippen LogP contribution in [0.1, 0.15) is 0 Å². The van der Waals surface area contributed by atoms with Crippen LogP contribution in [0.25, 0.3) is 0 Å². The highest BCUT2D eigenvalue weighted by molar-refractivity contribution is 6.35. The zero-order valence-electron chi connectivity index (χ0n) is 12.8. The summed E-state index contributed by atoms with van der Waals surface area (Å²) in [4.78, 5) is 23.9. The van der Waals surface area contributed by atoms with Crippen molar-refractivity contribution in [3.63, 3.8) is 0 Å². The lowest BCUT2D eigenvalue weighted by molar-refractivity contribution is -0.156. The van der Waals surface area contributed by atoms with Gasteiger partial charge in [-0.25, -0.2) is 4.79 Å². The van der Waals surface area contributed by atoms with E-state index in [1.54, 1.807) is 36.4 Å². The van der Waals surface area contributed by atoms with Gasteiger partial charge < -0.3 is 19.5 Å². The van der Waals surface area contributed by atoms with Crippen molar-refractivity contribution in [1.29, 1.82) is 0 Å². The first kappa shape index (κ1) is 17.4. The number of ether oxygens (including phenoxy) is 3. The summed E-state index contributed by atoms with van der Waals surface area (Å²) in [5.74, 6) is -0.234. The number of nitrogens with one attached hydrogen (secondary N) is 1. The largest absolute Gasteiger partial charge is 0.485 e. The van der Waals surface area contributed by atoms with E-state index in [-0.39, 0.29) is 6.61 Å². The summed E-state index contributed by atoms with van der Waals surface area (Å²) in [6.45, 7) is -0.471. The number of fused-ring (bicyclic) bond motifs is 1. The standard InChI is InChI=1S/C17H13Cl2NO5/c18-10-5-6-11(19)12(7-10)20-16(21)9-24-17(22)15-8-23-13-3-1-2-4-14(13)25-15/h1-7,15H,8-9H2,(H,20,21)/t15-/m1/s1. The molecule has 1 aliphatic rings. The maximum Gasteiger partial charge on any atom is 0.351 e. The number of benzene rings is 2. The maximum absolute atomic E-state index is 12.0. The first-order valence-electron chi connectivity index (χ1n) is 7.33. The lowest BCUT2D eigenvalue weighted by Gasteiger charge is -2.24. The minimum absolute atomic E-state index is 0.0115. The predicted octanol–water partition coefficient (Wildman–Crippen LogP) is 3.32. The molecule has 2 aromatic carbocycles. The molecule has 0 unspecified atom stereocenters. The van der Waals surface area contributed by atoms with Crippen molar-refractivity contribution >= 4 is 40.8 Å². The second-order valence-corrected chi connectivity index (χ2v) is 5.99. The van der Waals surface area contributed by atoms with E-state index in [0.29, 0.717) is 27.2 Å². The SMILES string of the molecule is O=C(COC(=O)[C@H]1COc2ccccc2O1)Nc1cc(Cl)ccc1Cl. The molecule has 1 amide bonds. The molecule has 2 aromatic rings. The second-order valence-electron chi connectivity index (χ2n) is 5.14. The van der Waals surface area contributed by atoms with Crippen LogP contribution < -0.4 is 14.8 Å². The Bertz CT molecular complexity index is 811. The number of rotatable bonds is 4. The van der Waals surface area contributed by atoms with Crippen molar-refractivity contribution in [2.24, 2.45) is 0 Å². The van der Waals surface area contributed by atoms with Crippen molar-refractivity contribution in [2.75, 3.05) is 18.5 Å². The molecular formula is C17H13Cl2NO5. The van der Waals surface area contributed by atoms with Gasteiger partial charge in [0.15, 0.2) is 18.1 Å². The van der Waals surface area contributed by atoms with E-state index in [0.717, 1.165) is 0 Å². The Morgan fingerprint density at radius 2 is 1.92 bits per heavy atom. The summed E-state index contributed by atoms with van der Waals surface area (Å²) in [6, 6.07) is 11.6. The lowest BCUT2D eigenvalue weighted by atomic mass is 10.2. The van der Waals surface area contributed by atoms with Crippen molar-refractivity contribution in [1.82, 2.24) is 0 Å². The second kappa shape index (κ2) is 7.63. The van der Waals surface area contributed by atoms with Gasteiger partial charge in [-0.05, 0) is 30.3 Å². The molecule has 25 heavy (non-hydrogen) atoms. The highest BCUT2D eigenvalue weighted by atomic mass is 35.5. The van der Waals surface area contributed by atoms with Gasteiger partial charge in [0.25, 0.3) is 5.91 Å². The van der Waals surface area contributed by atoms with E-state index in [2.05, 4.69) is 5.32 Å². The number of halogens is 2. The number of anilines is 1. The maximum atomic E-state index is 12.0. The number of amides is 1. The monoisotopic (exact) mass is 381 g/mol. The van der Waals surface area contributed by atoms with Crippen LogP contribution in [-0.4, -0.2) is 31.2 Å². The first-order valence-corrected chi connectivity index (χ1v) is 8.08. The van der Waals surface area contributed by atoms with E-state index in [1.165, 1.54) is 6.07 Å². The Morgan fingerprint density at radius 1 is 1.16 bits per heavy atom. The molecule has 1 heterocycles. The van der Waals surface area contributed by atoms with Gasteiger partial charge in [-0.1, -0.05) is 35.3 Å². The summed E-state index contributed by atoms with van der Waals surface area (Å²) < 4.78 is 15.9. The number of carbonyl (C=O) groups is 2. The fraction of sp³-hybridized carbons (Fsp3) is 0.176. The molecule has 1 N–H and O–H groups in total. The van der Waals surface area contributed by atoms with E-state index in [1.807, 2.05) is 0 Å². The van der Waals surface area contributed by atoms with Crippen molar-refractivity contribution in [3.05, 3.63) is 52.5 Å². The predicted molar refractivity (Wildman–Crippen MR) is 92.4 cm³/mol. The summed E-state index contributed by atoms with van der Waals surface area (Å²) in [7, 11) is 0. The summed E-state index contributed by atoms with van der Waals surface area (Å²) >= 11 is 11.8. The zero-order chi connectivity index (χ0) is 17.8. The van der Waals surface area contributed by atoms with Crippen LogP contribution in [0.5, 0.6) is 11.5 Å². The van der Waals surface area contributed by atoms with Gasteiger partial charge >= 0.3 is 5.97 Å². The molecule has 1 atom stereocenters. The lowest BCUT2D eigenvalue weighted by Crippen LogP contribution is -2.39. The fourth-order valence-electron chi connectivity index (χ4n) is 2.14. The molecule has 130 valence electrons. The number of carbonyl (C=O) groups excluding carboxylic acids is 2. The van der Waals surface area contributed by atoms with E-state index >= 15 is 0 Å². The summed E-state index contributed by atoms with van der Waals surface area (Å²) in [5, 5.41) is 3.26. The van der Waals surface area contributed by atoms with Gasteiger partial charge in [0.05, 0.1) is 10.7 Å². The van der Waals surface area contributed by atoms with Crippen molar-refractivity contribution in [3.8, 4) is 11.5 Å². The third-order valence-corrected chi connectivity index (χ3v) is 3.88. The molecule has 0 aliphatic carbocycles. The molecule has 0 aromatic heterocycles. The smallest absolute Gasteiger partial charge is 0.351 e. The molecule has 0 saturated carbocycles. The van der Waals surface area contributed by atoms with Crippen LogP contribution in [0, 0.1) is 0 Å². The highest BCUT2D eigenvalue weighted by Crippen LogP contribution is 2.31. The van der Waals surface area contributed by atoms with Crippen LogP contribution in [0.15, 0.2) is 42.5 Å². The Kier molecular flexibility index (Phi) is 5.31. The Labute approximate surface area is 153 Å². The van der Waals surface area contributed by atoms with E-state index in [9.17, 15) is 9.59 Å². The average Bonchev–Trinajstić information content (AvgIpc) is 2.62. The Balaban J connectivity index is 1.52. The Morgan fingerprint density at radius 3 is 2.72 bits per heavy atom. The molecule has 0 bridgehead atoms. The van der Waals surface area contributed by atoms with Crippen LogP contribution in [-0.2, 0) is 14.3 Å². The molecule has 0 saturated heterocycles. The van der Waals surface area contributed by atoms with Gasteiger partial charge in [0, 0.05) is 5.02 Å².